The van der Waals surface area contributed by atoms with Crippen molar-refractivity contribution in [3.05, 3.63) is 24.3 Å². The Balaban J connectivity index is 1.18. The average molecular weight is 486 g/mol. The lowest BCUT2D eigenvalue weighted by Crippen LogP contribution is -2.49. The zero-order valence-electron chi connectivity index (χ0n) is 21.2. The minimum absolute atomic E-state index is 0.216. The summed E-state index contributed by atoms with van der Waals surface area (Å²) in [6.45, 7) is 11.2. The molecule has 9 heteroatoms. The van der Waals surface area contributed by atoms with Crippen LogP contribution in [0.25, 0.3) is 0 Å². The molecule has 3 fully saturated rings. The topological polar surface area (TPSA) is 94.2 Å². The maximum Gasteiger partial charge on any atom is 0.407 e. The fourth-order valence-electron chi connectivity index (χ4n) is 5.17. The van der Waals surface area contributed by atoms with Gasteiger partial charge in [-0.2, -0.15) is 0 Å². The molecule has 4 amide bonds. The van der Waals surface area contributed by atoms with Gasteiger partial charge in [-0.05, 0) is 76.6 Å². The predicted molar refractivity (Wildman–Crippen MR) is 136 cm³/mol. The first-order valence-electron chi connectivity index (χ1n) is 12.8. The number of hydrogen-bond donors (Lipinski definition) is 2. The van der Waals surface area contributed by atoms with E-state index < -0.39 is 5.60 Å². The van der Waals surface area contributed by atoms with Gasteiger partial charge in [0.2, 0.25) is 5.91 Å². The van der Waals surface area contributed by atoms with E-state index in [1.54, 1.807) is 4.90 Å². The van der Waals surface area contributed by atoms with Crippen LogP contribution >= 0.6 is 0 Å². The Morgan fingerprint density at radius 3 is 2.20 bits per heavy atom. The molecule has 1 aliphatic carbocycles. The molecule has 0 atom stereocenters. The summed E-state index contributed by atoms with van der Waals surface area (Å²) in [5.74, 6) is 0.464. The van der Waals surface area contributed by atoms with Crippen LogP contribution < -0.4 is 20.4 Å². The standard InChI is InChI=1S/C26H39N5O4/c1-26(2,3)35-25(34)27-20-6-4-19(5-7-20)18-29-14-16-30(17-15-29)21-8-10-22(11-9-21)31-13-12-23(32)28-24(31)33/h8-11,19-20H,4-7,12-18H2,1-3H3,(H,27,34)(H,28,32,33). The highest BCUT2D eigenvalue weighted by atomic mass is 16.6. The van der Waals surface area contributed by atoms with Crippen LogP contribution in [0.1, 0.15) is 52.9 Å². The van der Waals surface area contributed by atoms with Crippen LogP contribution in [0.2, 0.25) is 0 Å². The number of carbonyl (C=O) groups is 3. The number of imide groups is 1. The van der Waals surface area contributed by atoms with E-state index in [4.69, 9.17) is 4.74 Å². The fraction of sp³-hybridized carbons (Fsp3) is 0.654. The number of anilines is 2. The minimum Gasteiger partial charge on any atom is -0.444 e. The number of carbonyl (C=O) groups excluding carboxylic acids is 3. The van der Waals surface area contributed by atoms with Gasteiger partial charge in [0, 0.05) is 63.1 Å². The molecule has 192 valence electrons. The maximum absolute atomic E-state index is 12.1. The molecule has 0 bridgehead atoms. The van der Waals surface area contributed by atoms with Crippen molar-refractivity contribution in [2.24, 2.45) is 5.92 Å². The number of piperazine rings is 1. The quantitative estimate of drug-likeness (QED) is 0.664. The summed E-state index contributed by atoms with van der Waals surface area (Å²) in [4.78, 5) is 42.0. The Kier molecular flexibility index (Phi) is 7.84. The summed E-state index contributed by atoms with van der Waals surface area (Å²) in [6, 6.07) is 7.91. The molecular weight excluding hydrogens is 446 g/mol. The van der Waals surface area contributed by atoms with Crippen LogP contribution in [-0.2, 0) is 9.53 Å². The van der Waals surface area contributed by atoms with Gasteiger partial charge < -0.3 is 15.0 Å². The van der Waals surface area contributed by atoms with E-state index in [1.807, 2.05) is 32.9 Å². The van der Waals surface area contributed by atoms with Crippen molar-refractivity contribution in [3.8, 4) is 0 Å². The Bertz CT molecular complexity index is 897. The fourth-order valence-corrected chi connectivity index (χ4v) is 5.17. The molecule has 0 radical (unpaired) electrons. The van der Waals surface area contributed by atoms with Gasteiger partial charge in [0.15, 0.2) is 0 Å². The van der Waals surface area contributed by atoms with E-state index in [2.05, 4.69) is 32.6 Å². The smallest absolute Gasteiger partial charge is 0.407 e. The van der Waals surface area contributed by atoms with Crippen molar-refractivity contribution in [1.29, 1.82) is 0 Å². The summed E-state index contributed by atoms with van der Waals surface area (Å²) in [5.41, 5.74) is 1.52. The van der Waals surface area contributed by atoms with E-state index in [1.165, 1.54) is 0 Å². The molecule has 1 saturated carbocycles. The molecular formula is C26H39N5O4. The highest BCUT2D eigenvalue weighted by Crippen LogP contribution is 2.27. The number of alkyl carbamates (subject to hydrolysis) is 1. The number of amides is 4. The van der Waals surface area contributed by atoms with Crippen LogP contribution in [0.4, 0.5) is 21.0 Å². The Morgan fingerprint density at radius 1 is 0.971 bits per heavy atom. The first-order valence-corrected chi connectivity index (χ1v) is 12.8. The Morgan fingerprint density at radius 2 is 1.60 bits per heavy atom. The molecule has 2 aliphatic heterocycles. The number of nitrogens with zero attached hydrogens (tertiary/aromatic N) is 3. The van der Waals surface area contributed by atoms with Crippen molar-refractivity contribution in [2.45, 2.75) is 64.5 Å². The summed E-state index contributed by atoms with van der Waals surface area (Å²) < 4.78 is 5.39. The second-order valence-corrected chi connectivity index (χ2v) is 10.9. The molecule has 0 unspecified atom stereocenters. The summed E-state index contributed by atoms with van der Waals surface area (Å²) in [5, 5.41) is 5.40. The van der Waals surface area contributed by atoms with Crippen molar-refractivity contribution in [3.63, 3.8) is 0 Å². The van der Waals surface area contributed by atoms with Crippen molar-refractivity contribution in [1.82, 2.24) is 15.5 Å². The largest absolute Gasteiger partial charge is 0.444 e. The third-order valence-electron chi connectivity index (χ3n) is 7.04. The van der Waals surface area contributed by atoms with Gasteiger partial charge in [-0.15, -0.1) is 0 Å². The van der Waals surface area contributed by atoms with E-state index in [-0.39, 0.29) is 24.1 Å². The van der Waals surface area contributed by atoms with Crippen LogP contribution in [0.5, 0.6) is 0 Å². The highest BCUT2D eigenvalue weighted by molar-refractivity contribution is 6.05. The van der Waals surface area contributed by atoms with Crippen LogP contribution in [0.3, 0.4) is 0 Å². The number of nitrogens with one attached hydrogen (secondary N) is 2. The van der Waals surface area contributed by atoms with Gasteiger partial charge in [-0.1, -0.05) is 0 Å². The van der Waals surface area contributed by atoms with Gasteiger partial charge in [-0.3, -0.25) is 19.9 Å². The molecule has 2 N–H and O–H groups in total. The number of urea groups is 1. The number of rotatable bonds is 5. The minimum atomic E-state index is -0.461. The maximum atomic E-state index is 12.1. The molecule has 2 heterocycles. The molecule has 1 aromatic carbocycles. The zero-order valence-corrected chi connectivity index (χ0v) is 21.2. The first-order chi connectivity index (χ1) is 16.7. The second kappa shape index (κ2) is 10.8. The normalized spacial score (nSPS) is 24.2. The van der Waals surface area contributed by atoms with Crippen molar-refractivity contribution < 1.29 is 19.1 Å². The molecule has 1 aromatic rings. The molecule has 9 nitrogen and oxygen atoms in total. The zero-order chi connectivity index (χ0) is 25.0. The van der Waals surface area contributed by atoms with Gasteiger partial charge in [0.1, 0.15) is 5.60 Å². The molecule has 0 spiro atoms. The number of hydrogen-bond acceptors (Lipinski definition) is 6. The number of ether oxygens (including phenoxy) is 1. The second-order valence-electron chi connectivity index (χ2n) is 10.9. The van der Waals surface area contributed by atoms with Crippen molar-refractivity contribution in [2.75, 3.05) is 49.1 Å². The third kappa shape index (κ3) is 7.10. The molecule has 3 aliphatic rings. The molecule has 2 saturated heterocycles. The summed E-state index contributed by atoms with van der Waals surface area (Å²) >= 11 is 0. The monoisotopic (exact) mass is 485 g/mol. The Hall–Kier alpha value is -2.81. The number of benzene rings is 1. The molecule has 35 heavy (non-hydrogen) atoms. The lowest BCUT2D eigenvalue weighted by molar-refractivity contribution is -0.120. The van der Waals surface area contributed by atoms with Crippen molar-refractivity contribution >= 4 is 29.4 Å². The first kappa shape index (κ1) is 25.3. The predicted octanol–water partition coefficient (Wildman–Crippen LogP) is 3.34. The van der Waals surface area contributed by atoms with Gasteiger partial charge in [0.05, 0.1) is 0 Å². The Labute approximate surface area is 208 Å². The molecule has 4 rings (SSSR count). The van der Waals surface area contributed by atoms with Gasteiger partial charge >= 0.3 is 12.1 Å². The highest BCUT2D eigenvalue weighted by Gasteiger charge is 2.28. The van der Waals surface area contributed by atoms with Crippen LogP contribution in [-0.4, -0.2) is 73.8 Å². The lowest BCUT2D eigenvalue weighted by atomic mass is 9.85. The van der Waals surface area contributed by atoms with E-state index >= 15 is 0 Å². The molecule has 0 aromatic heterocycles. The third-order valence-corrected chi connectivity index (χ3v) is 7.04. The lowest BCUT2D eigenvalue weighted by Gasteiger charge is -2.39. The van der Waals surface area contributed by atoms with Crippen LogP contribution in [0.15, 0.2) is 24.3 Å². The van der Waals surface area contributed by atoms with E-state index in [0.29, 0.717) is 18.9 Å². The van der Waals surface area contributed by atoms with Gasteiger partial charge in [0.25, 0.3) is 0 Å². The summed E-state index contributed by atoms with van der Waals surface area (Å²) in [6.07, 6.45) is 4.32. The SMILES string of the molecule is CC(C)(C)OC(=O)NC1CCC(CN2CCN(c3ccc(N4CCC(=O)NC4=O)cc3)CC2)CC1. The van der Waals surface area contributed by atoms with Gasteiger partial charge in [-0.25, -0.2) is 9.59 Å². The van der Waals surface area contributed by atoms with Crippen LogP contribution in [0, 0.1) is 5.92 Å². The average Bonchev–Trinajstić information content (AvgIpc) is 2.80. The summed E-state index contributed by atoms with van der Waals surface area (Å²) in [7, 11) is 0. The van der Waals surface area contributed by atoms with E-state index in [9.17, 15) is 14.4 Å². The van der Waals surface area contributed by atoms with E-state index in [0.717, 1.165) is 69.8 Å².